The molecular weight excluding hydrogens is 567 g/mol. The summed E-state index contributed by atoms with van der Waals surface area (Å²) in [6.45, 7) is 9.52. The number of fused-ring (bicyclic) bond motifs is 1. The molecule has 12 heteroatoms. The fraction of sp³-hybridized carbons (Fsp3) is 0.500. The van der Waals surface area contributed by atoms with E-state index in [9.17, 15) is 19.2 Å². The van der Waals surface area contributed by atoms with E-state index in [0.29, 0.717) is 71.3 Å². The number of aryl methyl sites for hydroxylation is 1. The topological polar surface area (TPSA) is 127 Å². The molecule has 0 saturated carbocycles. The molecule has 2 saturated heterocycles. The number of piperidine rings is 1. The van der Waals surface area contributed by atoms with Gasteiger partial charge in [-0.15, -0.1) is 0 Å². The van der Waals surface area contributed by atoms with Crippen molar-refractivity contribution in [3.63, 3.8) is 0 Å². The fourth-order valence-corrected chi connectivity index (χ4v) is 5.95. The van der Waals surface area contributed by atoms with Gasteiger partial charge in [0.25, 0.3) is 5.56 Å². The Hall–Kier alpha value is -4.35. The van der Waals surface area contributed by atoms with Crippen molar-refractivity contribution in [1.29, 1.82) is 0 Å². The van der Waals surface area contributed by atoms with Gasteiger partial charge in [-0.2, -0.15) is 0 Å². The zero-order valence-corrected chi connectivity index (χ0v) is 26.0. The lowest BCUT2D eigenvalue weighted by Gasteiger charge is -2.44. The smallest absolute Gasteiger partial charge is 0.410 e. The minimum absolute atomic E-state index is 0.00511. The third-order valence-electron chi connectivity index (χ3n) is 8.43. The predicted octanol–water partition coefficient (Wildman–Crippen LogP) is 4.46. The molecule has 11 nitrogen and oxygen atoms in total. The highest BCUT2D eigenvalue weighted by atomic mass is 19.1. The standard InChI is InChI=1S/C32H39FN6O5/c1-19(23-11-21(15-40)12-24(13-23)32(33)16-39(17-32)30(43)44-31(3,4)5)36-27-26-14-25(22-7-9-38(10-8-22)20(2)41)29(42)37(6)28(26)35-18-34-27/h11-15,18-19,22H,7-10,16-17H2,1-6H3,(H,34,35,36). The summed E-state index contributed by atoms with van der Waals surface area (Å²) in [4.78, 5) is 61.3. The maximum atomic E-state index is 16.0. The molecular formula is C32H39FN6O5. The number of amides is 2. The number of benzene rings is 1. The highest BCUT2D eigenvalue weighted by molar-refractivity contribution is 5.87. The predicted molar refractivity (Wildman–Crippen MR) is 163 cm³/mol. The van der Waals surface area contributed by atoms with Crippen LogP contribution in [-0.2, 0) is 22.2 Å². The summed E-state index contributed by atoms with van der Waals surface area (Å²) in [5.41, 5.74) is -0.253. The van der Waals surface area contributed by atoms with E-state index in [4.69, 9.17) is 4.74 Å². The molecule has 1 unspecified atom stereocenters. The molecule has 2 amide bonds. The number of halogens is 1. The van der Waals surface area contributed by atoms with E-state index >= 15 is 4.39 Å². The van der Waals surface area contributed by atoms with Gasteiger partial charge in [-0.05, 0) is 75.8 Å². The molecule has 234 valence electrons. The lowest BCUT2D eigenvalue weighted by atomic mass is 9.85. The van der Waals surface area contributed by atoms with Crippen LogP contribution in [0, 0.1) is 0 Å². The maximum Gasteiger partial charge on any atom is 0.410 e. The van der Waals surface area contributed by atoms with Gasteiger partial charge in [0.05, 0.1) is 18.5 Å². The molecule has 4 heterocycles. The average molecular weight is 607 g/mol. The van der Waals surface area contributed by atoms with Gasteiger partial charge in [0.15, 0.2) is 5.67 Å². The van der Waals surface area contributed by atoms with Crippen LogP contribution in [0.1, 0.15) is 86.5 Å². The van der Waals surface area contributed by atoms with Crippen LogP contribution in [0.4, 0.5) is 15.0 Å². The van der Waals surface area contributed by atoms with Crippen LogP contribution in [0.2, 0.25) is 0 Å². The molecule has 1 atom stereocenters. The molecule has 0 radical (unpaired) electrons. The second-order valence-corrected chi connectivity index (χ2v) is 12.9. The third kappa shape index (κ3) is 6.15. The number of hydrogen-bond acceptors (Lipinski definition) is 8. The molecule has 1 N–H and O–H groups in total. The molecule has 2 aromatic heterocycles. The number of nitrogens with zero attached hydrogens (tertiary/aromatic N) is 5. The Bertz CT molecular complexity index is 1670. The minimum Gasteiger partial charge on any atom is -0.444 e. The van der Waals surface area contributed by atoms with Crippen molar-refractivity contribution in [2.75, 3.05) is 31.5 Å². The van der Waals surface area contributed by atoms with E-state index in [1.807, 2.05) is 13.0 Å². The van der Waals surface area contributed by atoms with E-state index < -0.39 is 23.4 Å². The molecule has 1 aromatic carbocycles. The van der Waals surface area contributed by atoms with Crippen LogP contribution < -0.4 is 10.9 Å². The van der Waals surface area contributed by atoms with Gasteiger partial charge in [-0.3, -0.25) is 19.0 Å². The van der Waals surface area contributed by atoms with Crippen LogP contribution >= 0.6 is 0 Å². The number of aromatic nitrogens is 3. The third-order valence-corrected chi connectivity index (χ3v) is 8.43. The number of likely N-dealkylation sites (tertiary alicyclic amines) is 2. The summed E-state index contributed by atoms with van der Waals surface area (Å²) in [5, 5.41) is 4.03. The zero-order valence-electron chi connectivity index (χ0n) is 26.0. The zero-order chi connectivity index (χ0) is 32.0. The Morgan fingerprint density at radius 1 is 1.11 bits per heavy atom. The van der Waals surface area contributed by atoms with Gasteiger partial charge >= 0.3 is 6.09 Å². The van der Waals surface area contributed by atoms with Crippen molar-refractivity contribution < 1.29 is 23.5 Å². The number of anilines is 1. The van der Waals surface area contributed by atoms with Crippen molar-refractivity contribution in [2.45, 2.75) is 70.7 Å². The minimum atomic E-state index is -1.82. The van der Waals surface area contributed by atoms with Crippen molar-refractivity contribution in [1.82, 2.24) is 24.3 Å². The lowest BCUT2D eigenvalue weighted by Crippen LogP contribution is -2.59. The summed E-state index contributed by atoms with van der Waals surface area (Å²) in [5.74, 6) is 0.518. The van der Waals surface area contributed by atoms with Gasteiger partial charge in [0.1, 0.15) is 29.7 Å². The number of ether oxygens (including phenoxy) is 1. The number of alkyl halides is 1. The highest BCUT2D eigenvalue weighted by Crippen LogP contribution is 2.39. The number of nitrogens with one attached hydrogen (secondary N) is 1. The summed E-state index contributed by atoms with van der Waals surface area (Å²) in [6.07, 6.45) is 2.84. The van der Waals surface area contributed by atoms with Gasteiger partial charge in [-0.1, -0.05) is 6.07 Å². The summed E-state index contributed by atoms with van der Waals surface area (Å²) >= 11 is 0. The Balaban J connectivity index is 1.41. The fourth-order valence-electron chi connectivity index (χ4n) is 5.95. The van der Waals surface area contributed by atoms with Gasteiger partial charge in [-0.25, -0.2) is 19.2 Å². The average Bonchev–Trinajstić information content (AvgIpc) is 2.96. The monoisotopic (exact) mass is 606 g/mol. The van der Waals surface area contributed by atoms with Crippen molar-refractivity contribution in [3.05, 3.63) is 63.2 Å². The Kier molecular flexibility index (Phi) is 8.21. The molecule has 2 aliphatic rings. The number of hydrogen-bond donors (Lipinski definition) is 1. The number of rotatable bonds is 6. The van der Waals surface area contributed by atoms with E-state index in [1.54, 1.807) is 51.8 Å². The molecule has 0 aliphatic carbocycles. The Morgan fingerprint density at radius 3 is 2.41 bits per heavy atom. The largest absolute Gasteiger partial charge is 0.444 e. The summed E-state index contributed by atoms with van der Waals surface area (Å²) < 4.78 is 22.9. The van der Waals surface area contributed by atoms with Crippen molar-refractivity contribution in [3.8, 4) is 0 Å². The molecule has 5 rings (SSSR count). The first-order valence-corrected chi connectivity index (χ1v) is 14.8. The van der Waals surface area contributed by atoms with E-state index in [1.165, 1.54) is 21.9 Å². The quantitative estimate of drug-likeness (QED) is 0.408. The van der Waals surface area contributed by atoms with E-state index in [2.05, 4.69) is 15.3 Å². The molecule has 2 aliphatic heterocycles. The second kappa shape index (κ2) is 11.6. The highest BCUT2D eigenvalue weighted by Gasteiger charge is 2.48. The Labute approximate surface area is 255 Å². The second-order valence-electron chi connectivity index (χ2n) is 12.9. The maximum absolute atomic E-state index is 16.0. The summed E-state index contributed by atoms with van der Waals surface area (Å²) in [6, 6.07) is 6.33. The first kappa shape index (κ1) is 31.1. The molecule has 44 heavy (non-hydrogen) atoms. The number of carbonyl (C=O) groups excluding carboxylic acids is 3. The molecule has 2 fully saturated rings. The van der Waals surface area contributed by atoms with E-state index in [-0.39, 0.29) is 30.5 Å². The first-order valence-electron chi connectivity index (χ1n) is 14.8. The number of pyridine rings is 1. The Morgan fingerprint density at radius 2 is 1.80 bits per heavy atom. The molecule has 0 spiro atoms. The van der Waals surface area contributed by atoms with Crippen LogP contribution in [0.5, 0.6) is 0 Å². The SMILES string of the molecule is CC(=O)N1CCC(c2cc3c(NC(C)c4cc(C=O)cc(C5(F)CN(C(=O)OC(C)(C)C)C5)c4)ncnc3n(C)c2=O)CC1. The van der Waals surface area contributed by atoms with Crippen LogP contribution in [-0.4, -0.2) is 74.4 Å². The normalized spacial score (nSPS) is 17.6. The first-order chi connectivity index (χ1) is 20.7. The van der Waals surface area contributed by atoms with Crippen molar-refractivity contribution >= 4 is 35.1 Å². The van der Waals surface area contributed by atoms with Gasteiger partial charge in [0, 0.05) is 44.2 Å². The van der Waals surface area contributed by atoms with Gasteiger partial charge in [0.2, 0.25) is 5.91 Å². The molecule has 3 aromatic rings. The van der Waals surface area contributed by atoms with Gasteiger partial charge < -0.3 is 19.9 Å². The molecule has 0 bridgehead atoms. The summed E-state index contributed by atoms with van der Waals surface area (Å²) in [7, 11) is 1.68. The number of aldehydes is 1. The van der Waals surface area contributed by atoms with Crippen LogP contribution in [0.15, 0.2) is 35.4 Å². The van der Waals surface area contributed by atoms with Crippen LogP contribution in [0.25, 0.3) is 11.0 Å². The number of carbonyl (C=O) groups is 3. The van der Waals surface area contributed by atoms with Crippen molar-refractivity contribution in [2.24, 2.45) is 7.05 Å². The lowest BCUT2D eigenvalue weighted by molar-refractivity contribution is -0.129. The van der Waals surface area contributed by atoms with E-state index in [0.717, 1.165) is 0 Å². The van der Waals surface area contributed by atoms with Crippen LogP contribution in [0.3, 0.4) is 0 Å².